The van der Waals surface area contributed by atoms with Crippen molar-refractivity contribution < 1.29 is 14.3 Å². The number of amides is 1. The van der Waals surface area contributed by atoms with Crippen LogP contribution in [0.5, 0.6) is 11.5 Å². The molecule has 1 aliphatic heterocycles. The summed E-state index contributed by atoms with van der Waals surface area (Å²) in [4.78, 5) is 21.8. The summed E-state index contributed by atoms with van der Waals surface area (Å²) in [6, 6.07) is 15.3. The van der Waals surface area contributed by atoms with Gasteiger partial charge in [-0.2, -0.15) is 0 Å². The third-order valence-corrected chi connectivity index (χ3v) is 6.11. The molecule has 30 heavy (non-hydrogen) atoms. The number of methoxy groups -OCH3 is 2. The van der Waals surface area contributed by atoms with Crippen molar-refractivity contribution in [2.24, 2.45) is 0 Å². The van der Waals surface area contributed by atoms with Gasteiger partial charge in [-0.1, -0.05) is 12.1 Å². The van der Waals surface area contributed by atoms with Crippen molar-refractivity contribution in [3.8, 4) is 22.8 Å². The fourth-order valence-corrected chi connectivity index (χ4v) is 4.36. The monoisotopic (exact) mass is 423 g/mol. The lowest BCUT2D eigenvalue weighted by Gasteiger charge is -2.34. The first-order valence-electron chi connectivity index (χ1n) is 9.91. The number of hydrogen-bond donors (Lipinski definition) is 0. The topological polar surface area (TPSA) is 54.9 Å². The smallest absolute Gasteiger partial charge is 0.253 e. The SMILES string of the molecule is COc1ccc(C(=O)N2CCN(Cc3nc(-c4cccc(OC)c4)cs3)CC2)cc1. The number of ether oxygens (including phenoxy) is 2. The highest BCUT2D eigenvalue weighted by molar-refractivity contribution is 7.09. The van der Waals surface area contributed by atoms with Crippen molar-refractivity contribution >= 4 is 17.2 Å². The van der Waals surface area contributed by atoms with Gasteiger partial charge in [0.1, 0.15) is 16.5 Å². The number of hydrogen-bond acceptors (Lipinski definition) is 6. The van der Waals surface area contributed by atoms with Crippen LogP contribution in [0.15, 0.2) is 53.9 Å². The lowest BCUT2D eigenvalue weighted by molar-refractivity contribution is 0.0628. The molecular weight excluding hydrogens is 398 g/mol. The van der Waals surface area contributed by atoms with Crippen LogP contribution in [0.2, 0.25) is 0 Å². The third kappa shape index (κ3) is 4.63. The molecule has 3 aromatic rings. The molecule has 0 saturated carbocycles. The molecule has 2 aromatic carbocycles. The van der Waals surface area contributed by atoms with Crippen LogP contribution in [0.4, 0.5) is 0 Å². The number of piperazine rings is 1. The van der Waals surface area contributed by atoms with E-state index in [1.54, 1.807) is 25.6 Å². The highest BCUT2D eigenvalue weighted by atomic mass is 32.1. The number of carbonyl (C=O) groups is 1. The summed E-state index contributed by atoms with van der Waals surface area (Å²) in [6.07, 6.45) is 0. The first-order valence-corrected chi connectivity index (χ1v) is 10.8. The Balaban J connectivity index is 1.32. The van der Waals surface area contributed by atoms with Crippen molar-refractivity contribution in [3.05, 3.63) is 64.5 Å². The van der Waals surface area contributed by atoms with Crippen molar-refractivity contribution in [2.45, 2.75) is 6.54 Å². The van der Waals surface area contributed by atoms with E-state index >= 15 is 0 Å². The predicted molar refractivity (Wildman–Crippen MR) is 118 cm³/mol. The quantitative estimate of drug-likeness (QED) is 0.604. The third-order valence-electron chi connectivity index (χ3n) is 5.27. The van der Waals surface area contributed by atoms with E-state index in [9.17, 15) is 4.79 Å². The fraction of sp³-hybridized carbons (Fsp3) is 0.304. The van der Waals surface area contributed by atoms with E-state index < -0.39 is 0 Å². The van der Waals surface area contributed by atoms with Crippen LogP contribution in [0.25, 0.3) is 11.3 Å². The Morgan fingerprint density at radius 2 is 1.73 bits per heavy atom. The fourth-order valence-electron chi connectivity index (χ4n) is 3.52. The van der Waals surface area contributed by atoms with Crippen LogP contribution < -0.4 is 9.47 Å². The van der Waals surface area contributed by atoms with Gasteiger partial charge in [-0.05, 0) is 36.4 Å². The lowest BCUT2D eigenvalue weighted by Crippen LogP contribution is -2.48. The predicted octanol–water partition coefficient (Wildman–Crippen LogP) is 3.79. The maximum atomic E-state index is 12.7. The second kappa shape index (κ2) is 9.28. The van der Waals surface area contributed by atoms with Gasteiger partial charge < -0.3 is 14.4 Å². The number of benzene rings is 2. The van der Waals surface area contributed by atoms with Gasteiger partial charge >= 0.3 is 0 Å². The van der Waals surface area contributed by atoms with Crippen LogP contribution in [0.1, 0.15) is 15.4 Å². The van der Waals surface area contributed by atoms with Crippen molar-refractivity contribution in [1.82, 2.24) is 14.8 Å². The minimum Gasteiger partial charge on any atom is -0.497 e. The zero-order chi connectivity index (χ0) is 20.9. The second-order valence-electron chi connectivity index (χ2n) is 7.16. The van der Waals surface area contributed by atoms with E-state index in [-0.39, 0.29) is 5.91 Å². The molecule has 6 nitrogen and oxygen atoms in total. The van der Waals surface area contributed by atoms with Crippen molar-refractivity contribution in [3.63, 3.8) is 0 Å². The summed E-state index contributed by atoms with van der Waals surface area (Å²) in [7, 11) is 3.29. The summed E-state index contributed by atoms with van der Waals surface area (Å²) in [5.74, 6) is 1.67. The zero-order valence-corrected chi connectivity index (χ0v) is 18.0. The van der Waals surface area contributed by atoms with E-state index in [0.29, 0.717) is 5.56 Å². The van der Waals surface area contributed by atoms with Crippen LogP contribution in [0, 0.1) is 0 Å². The van der Waals surface area contributed by atoms with Gasteiger partial charge in [0.25, 0.3) is 5.91 Å². The first-order chi connectivity index (χ1) is 14.7. The zero-order valence-electron chi connectivity index (χ0n) is 17.2. The molecule has 1 fully saturated rings. The summed E-state index contributed by atoms with van der Waals surface area (Å²) >= 11 is 1.67. The van der Waals surface area contributed by atoms with Gasteiger partial charge in [-0.3, -0.25) is 9.69 Å². The molecule has 0 bridgehead atoms. The molecular formula is C23H25N3O3S. The Bertz CT molecular complexity index is 995. The molecule has 0 atom stereocenters. The van der Waals surface area contributed by atoms with Gasteiger partial charge in [-0.15, -0.1) is 11.3 Å². The summed E-state index contributed by atoms with van der Waals surface area (Å²) in [5, 5.41) is 3.18. The van der Waals surface area contributed by atoms with Gasteiger partial charge in [0, 0.05) is 42.7 Å². The van der Waals surface area contributed by atoms with Crippen LogP contribution in [-0.2, 0) is 6.54 Å². The van der Waals surface area contributed by atoms with Gasteiger partial charge in [-0.25, -0.2) is 4.98 Å². The number of thiazole rings is 1. The molecule has 1 aliphatic rings. The number of aromatic nitrogens is 1. The van der Waals surface area contributed by atoms with Crippen molar-refractivity contribution in [1.29, 1.82) is 0 Å². The summed E-state index contributed by atoms with van der Waals surface area (Å²) in [6.45, 7) is 3.93. The molecule has 0 N–H and O–H groups in total. The van der Waals surface area contributed by atoms with E-state index in [2.05, 4.69) is 10.3 Å². The number of nitrogens with zero attached hydrogens (tertiary/aromatic N) is 3. The molecule has 1 amide bonds. The van der Waals surface area contributed by atoms with Crippen molar-refractivity contribution in [2.75, 3.05) is 40.4 Å². The normalized spacial score (nSPS) is 14.5. The van der Waals surface area contributed by atoms with Crippen LogP contribution in [-0.4, -0.2) is 61.1 Å². The van der Waals surface area contributed by atoms with E-state index in [4.69, 9.17) is 14.5 Å². The molecule has 0 spiro atoms. The minimum absolute atomic E-state index is 0.0758. The van der Waals surface area contributed by atoms with Crippen LogP contribution in [0.3, 0.4) is 0 Å². The maximum Gasteiger partial charge on any atom is 0.253 e. The van der Waals surface area contributed by atoms with Gasteiger partial charge in [0.2, 0.25) is 0 Å². The minimum atomic E-state index is 0.0758. The Morgan fingerprint density at radius 1 is 1.00 bits per heavy atom. The molecule has 4 rings (SSSR count). The molecule has 0 radical (unpaired) electrons. The van der Waals surface area contributed by atoms with Crippen LogP contribution >= 0.6 is 11.3 Å². The van der Waals surface area contributed by atoms with E-state index in [1.807, 2.05) is 53.4 Å². The molecule has 7 heteroatoms. The highest BCUT2D eigenvalue weighted by Crippen LogP contribution is 2.26. The highest BCUT2D eigenvalue weighted by Gasteiger charge is 2.23. The van der Waals surface area contributed by atoms with E-state index in [1.165, 1.54) is 0 Å². The number of rotatable bonds is 6. The molecule has 156 valence electrons. The first kappa shape index (κ1) is 20.4. The Morgan fingerprint density at radius 3 is 2.43 bits per heavy atom. The number of carbonyl (C=O) groups excluding carboxylic acids is 1. The molecule has 2 heterocycles. The summed E-state index contributed by atoms with van der Waals surface area (Å²) < 4.78 is 10.5. The average molecular weight is 424 g/mol. The lowest BCUT2D eigenvalue weighted by atomic mass is 10.1. The molecule has 0 aliphatic carbocycles. The maximum absolute atomic E-state index is 12.7. The Hall–Kier alpha value is -2.90. The Labute approximate surface area is 180 Å². The van der Waals surface area contributed by atoms with Gasteiger partial charge in [0.05, 0.1) is 26.5 Å². The van der Waals surface area contributed by atoms with Gasteiger partial charge in [0.15, 0.2) is 0 Å². The largest absolute Gasteiger partial charge is 0.497 e. The molecule has 1 aromatic heterocycles. The molecule has 1 saturated heterocycles. The average Bonchev–Trinajstić information content (AvgIpc) is 3.28. The van der Waals surface area contributed by atoms with E-state index in [0.717, 1.165) is 60.5 Å². The Kier molecular flexibility index (Phi) is 6.30. The standard InChI is InChI=1S/C23H25N3O3S/c1-28-19-8-6-17(7-9-19)23(27)26-12-10-25(11-13-26)15-22-24-21(16-30-22)18-4-3-5-20(14-18)29-2/h3-9,14,16H,10-13,15H2,1-2H3. The molecule has 0 unspecified atom stereocenters. The summed E-state index contributed by atoms with van der Waals surface area (Å²) in [5.41, 5.74) is 2.74. The second-order valence-corrected chi connectivity index (χ2v) is 8.10.